The lowest BCUT2D eigenvalue weighted by molar-refractivity contribution is 0.375. The van der Waals surface area contributed by atoms with E-state index in [-0.39, 0.29) is 0 Å². The van der Waals surface area contributed by atoms with Gasteiger partial charge in [-0.3, -0.25) is 9.11 Å². The van der Waals surface area contributed by atoms with Crippen LogP contribution < -0.4 is 4.90 Å². The van der Waals surface area contributed by atoms with Crippen molar-refractivity contribution in [1.82, 2.24) is 4.90 Å². The second-order valence-electron chi connectivity index (χ2n) is 12.6. The van der Waals surface area contributed by atoms with Crippen LogP contribution in [0, 0.1) is 0 Å². The Hall–Kier alpha value is -2.09. The van der Waals surface area contributed by atoms with E-state index in [1.165, 1.54) is 151 Å². The molecule has 1 aliphatic carbocycles. The van der Waals surface area contributed by atoms with Crippen LogP contribution in [0.25, 0.3) is 6.08 Å². The van der Waals surface area contributed by atoms with Gasteiger partial charge in [0.15, 0.2) is 0 Å². The largest absolute Gasteiger partial charge is 0.394 e. The number of benzene rings is 1. The predicted molar refractivity (Wildman–Crippen MR) is 184 cm³/mol. The van der Waals surface area contributed by atoms with Gasteiger partial charge >= 0.3 is 10.4 Å². The van der Waals surface area contributed by atoms with Crippen LogP contribution in [0.4, 0.5) is 5.69 Å². The highest BCUT2D eigenvalue weighted by atomic mass is 32.3. The maximum atomic E-state index is 8.74. The van der Waals surface area contributed by atoms with Crippen LogP contribution in [-0.2, 0) is 10.4 Å². The van der Waals surface area contributed by atoms with E-state index in [1.54, 1.807) is 5.57 Å². The topological polar surface area (TPSA) is 81.1 Å². The summed E-state index contributed by atoms with van der Waals surface area (Å²) in [5.41, 5.74) is 7.30. The van der Waals surface area contributed by atoms with Crippen LogP contribution in [0.2, 0.25) is 0 Å². The fourth-order valence-corrected chi connectivity index (χ4v) is 6.09. The normalized spacial score (nSPS) is 15.8. The van der Waals surface area contributed by atoms with Crippen molar-refractivity contribution in [2.45, 2.75) is 129 Å². The SMILES string of the molecule is CCCCCCCCCCCCCCCCCCN1C=CC2=C(CCCC2=Cc2ccc(N(C)C)cc2)C1.O=S(=O)(O)O. The van der Waals surface area contributed by atoms with Crippen LogP contribution in [0.1, 0.15) is 134 Å². The number of hydrogen-bond donors (Lipinski definition) is 2. The monoisotopic (exact) mass is 616 g/mol. The maximum Gasteiger partial charge on any atom is 0.394 e. The third kappa shape index (κ3) is 17.7. The third-order valence-electron chi connectivity index (χ3n) is 8.55. The molecule has 0 spiro atoms. The highest BCUT2D eigenvalue weighted by Gasteiger charge is 2.20. The standard InChI is InChI=1S/C36H58N2.H2O4S/c1-4-5-6-7-8-9-10-11-12-13-14-15-16-17-18-19-28-38-29-27-36-33(21-20-22-34(36)31-38)30-32-23-25-35(26-24-32)37(2)3;1-5(2,3)4/h23-27,29-30H,4-22,28,31H2,1-3H3;(H2,1,2,3,4). The molecule has 0 saturated heterocycles. The van der Waals surface area contributed by atoms with Crippen LogP contribution in [0.15, 0.2) is 53.3 Å². The van der Waals surface area contributed by atoms with Crippen LogP contribution >= 0.6 is 0 Å². The average molecular weight is 617 g/mol. The summed E-state index contributed by atoms with van der Waals surface area (Å²) >= 11 is 0. The van der Waals surface area contributed by atoms with Crippen molar-refractivity contribution in [3.63, 3.8) is 0 Å². The smallest absolute Gasteiger partial charge is 0.378 e. The van der Waals surface area contributed by atoms with Crippen molar-refractivity contribution in [2.75, 3.05) is 32.1 Å². The molecule has 3 rings (SSSR count). The summed E-state index contributed by atoms with van der Waals surface area (Å²) in [6.07, 6.45) is 34.0. The summed E-state index contributed by atoms with van der Waals surface area (Å²) in [7, 11) is -0.464. The fraction of sp³-hybridized carbons (Fsp3) is 0.667. The molecule has 2 N–H and O–H groups in total. The first-order valence-electron chi connectivity index (χ1n) is 17.0. The van der Waals surface area contributed by atoms with Gasteiger partial charge in [0.2, 0.25) is 0 Å². The molecular weight excluding hydrogens is 556 g/mol. The average Bonchev–Trinajstić information content (AvgIpc) is 2.96. The zero-order valence-corrected chi connectivity index (χ0v) is 28.2. The molecule has 0 atom stereocenters. The van der Waals surface area contributed by atoms with E-state index in [9.17, 15) is 0 Å². The van der Waals surface area contributed by atoms with Gasteiger partial charge in [-0.2, -0.15) is 8.42 Å². The van der Waals surface area contributed by atoms with E-state index in [0.717, 1.165) is 6.54 Å². The van der Waals surface area contributed by atoms with Gasteiger partial charge in [0.1, 0.15) is 0 Å². The molecule has 0 fully saturated rings. The van der Waals surface area contributed by atoms with Crippen LogP contribution in [0.3, 0.4) is 0 Å². The van der Waals surface area contributed by atoms with Gasteiger partial charge in [-0.25, -0.2) is 0 Å². The molecule has 244 valence electrons. The molecular formula is C36H60N2O4S. The van der Waals surface area contributed by atoms with E-state index in [2.05, 4.69) is 73.4 Å². The second kappa shape index (κ2) is 21.6. The van der Waals surface area contributed by atoms with Crippen molar-refractivity contribution < 1.29 is 17.5 Å². The minimum Gasteiger partial charge on any atom is -0.378 e. The number of allylic oxidation sites excluding steroid dienone is 3. The van der Waals surface area contributed by atoms with E-state index >= 15 is 0 Å². The molecule has 1 aliphatic heterocycles. The molecule has 1 aromatic carbocycles. The van der Waals surface area contributed by atoms with Crippen molar-refractivity contribution in [3.05, 3.63) is 58.8 Å². The molecule has 2 aliphatic rings. The van der Waals surface area contributed by atoms with Gasteiger partial charge in [-0.15, -0.1) is 0 Å². The molecule has 0 unspecified atom stereocenters. The molecule has 6 nitrogen and oxygen atoms in total. The molecule has 0 radical (unpaired) electrons. The molecule has 0 saturated carbocycles. The van der Waals surface area contributed by atoms with Crippen molar-refractivity contribution >= 4 is 22.2 Å². The van der Waals surface area contributed by atoms with E-state index in [0.29, 0.717) is 0 Å². The summed E-state index contributed by atoms with van der Waals surface area (Å²) in [5.74, 6) is 0. The zero-order valence-electron chi connectivity index (χ0n) is 27.4. The quantitative estimate of drug-likeness (QED) is 0.119. The van der Waals surface area contributed by atoms with Gasteiger partial charge in [0.25, 0.3) is 0 Å². The van der Waals surface area contributed by atoms with Gasteiger partial charge < -0.3 is 9.80 Å². The van der Waals surface area contributed by atoms with Gasteiger partial charge in [-0.05, 0) is 72.4 Å². The predicted octanol–water partition coefficient (Wildman–Crippen LogP) is 10.1. The van der Waals surface area contributed by atoms with Gasteiger partial charge in [-0.1, -0.05) is 121 Å². The Morgan fingerprint density at radius 1 is 0.767 bits per heavy atom. The number of nitrogens with zero attached hydrogens (tertiary/aromatic N) is 2. The van der Waals surface area contributed by atoms with Gasteiger partial charge in [0.05, 0.1) is 0 Å². The molecule has 7 heteroatoms. The lowest BCUT2D eigenvalue weighted by Gasteiger charge is -2.31. The summed E-state index contributed by atoms with van der Waals surface area (Å²) in [5, 5.41) is 0. The minimum absolute atomic E-state index is 1.14. The molecule has 0 aromatic heterocycles. The third-order valence-corrected chi connectivity index (χ3v) is 8.55. The lowest BCUT2D eigenvalue weighted by atomic mass is 9.84. The van der Waals surface area contributed by atoms with Crippen molar-refractivity contribution in [1.29, 1.82) is 0 Å². The molecule has 0 bridgehead atoms. The Labute approximate surface area is 263 Å². The lowest BCUT2D eigenvalue weighted by Crippen LogP contribution is -2.26. The Balaban J connectivity index is 0.00000119. The second-order valence-corrected chi connectivity index (χ2v) is 13.5. The number of unbranched alkanes of at least 4 members (excludes halogenated alkanes) is 15. The fourth-order valence-electron chi connectivity index (χ4n) is 6.09. The molecule has 1 heterocycles. The number of anilines is 1. The highest BCUT2D eigenvalue weighted by molar-refractivity contribution is 7.79. The summed E-state index contributed by atoms with van der Waals surface area (Å²) in [6.45, 7) is 4.66. The Morgan fingerprint density at radius 2 is 1.26 bits per heavy atom. The van der Waals surface area contributed by atoms with Crippen LogP contribution in [0.5, 0.6) is 0 Å². The van der Waals surface area contributed by atoms with Crippen molar-refractivity contribution in [2.24, 2.45) is 0 Å². The molecule has 0 amide bonds. The first-order chi connectivity index (χ1) is 20.7. The molecule has 1 aromatic rings. The maximum absolute atomic E-state index is 8.74. The van der Waals surface area contributed by atoms with E-state index < -0.39 is 10.4 Å². The number of hydrogen-bond acceptors (Lipinski definition) is 4. The Bertz CT molecular complexity index is 1080. The first kappa shape index (κ1) is 37.1. The molecule has 43 heavy (non-hydrogen) atoms. The Kier molecular flexibility index (Phi) is 18.6. The zero-order chi connectivity index (χ0) is 31.3. The summed E-state index contributed by atoms with van der Waals surface area (Å²) in [4.78, 5) is 4.73. The van der Waals surface area contributed by atoms with E-state index in [4.69, 9.17) is 17.5 Å². The summed E-state index contributed by atoms with van der Waals surface area (Å²) < 4.78 is 31.6. The van der Waals surface area contributed by atoms with Crippen molar-refractivity contribution in [3.8, 4) is 0 Å². The minimum atomic E-state index is -4.67. The summed E-state index contributed by atoms with van der Waals surface area (Å²) in [6, 6.07) is 8.96. The van der Waals surface area contributed by atoms with E-state index in [1.807, 2.05) is 0 Å². The van der Waals surface area contributed by atoms with Gasteiger partial charge in [0, 0.05) is 32.9 Å². The first-order valence-corrected chi connectivity index (χ1v) is 18.4. The van der Waals surface area contributed by atoms with Crippen LogP contribution in [-0.4, -0.2) is 49.6 Å². The highest BCUT2D eigenvalue weighted by Crippen LogP contribution is 2.35. The number of rotatable bonds is 19. The Morgan fingerprint density at radius 3 is 1.74 bits per heavy atom.